The molecule has 2 rings (SSSR count). The number of hydrogen-bond donors (Lipinski definition) is 2. The smallest absolute Gasteiger partial charge is 0.242 e. The molecule has 6 nitrogen and oxygen atoms in total. The molecule has 112 valence electrons. The van der Waals surface area contributed by atoms with E-state index >= 15 is 0 Å². The Hall–Kier alpha value is -1.64. The minimum atomic E-state index is -3.66. The number of benzene rings is 1. The zero-order chi connectivity index (χ0) is 15.5. The molecule has 1 heterocycles. The Labute approximate surface area is 131 Å². The van der Waals surface area contributed by atoms with Gasteiger partial charge in [-0.05, 0) is 40.2 Å². The number of nitrogen functional groups attached to an aromatic ring is 1. The van der Waals surface area contributed by atoms with E-state index in [2.05, 4.69) is 25.6 Å². The number of anilines is 1. The predicted molar refractivity (Wildman–Crippen MR) is 83.4 cm³/mol. The molecule has 0 aliphatic carbocycles. The standard InChI is InChI=1S/C13H14BrN3O3S/c1-20-13-3-2-11(15)4-9(13)6-17-21(18,19)12-5-10(14)7-16-8-12/h2-5,7-8,17H,6,15H2,1H3. The second kappa shape index (κ2) is 6.42. The van der Waals surface area contributed by atoms with E-state index in [0.717, 1.165) is 0 Å². The molecule has 2 aromatic rings. The van der Waals surface area contributed by atoms with Crippen molar-refractivity contribution in [3.63, 3.8) is 0 Å². The van der Waals surface area contributed by atoms with Gasteiger partial charge in [-0.1, -0.05) is 0 Å². The monoisotopic (exact) mass is 371 g/mol. The second-order valence-electron chi connectivity index (χ2n) is 4.23. The summed E-state index contributed by atoms with van der Waals surface area (Å²) in [6, 6.07) is 6.53. The van der Waals surface area contributed by atoms with Crippen LogP contribution >= 0.6 is 15.9 Å². The van der Waals surface area contributed by atoms with Gasteiger partial charge in [0.05, 0.1) is 7.11 Å². The average molecular weight is 372 g/mol. The van der Waals surface area contributed by atoms with Crippen LogP contribution in [0.1, 0.15) is 5.56 Å². The zero-order valence-electron chi connectivity index (χ0n) is 11.2. The molecule has 21 heavy (non-hydrogen) atoms. The van der Waals surface area contributed by atoms with Crippen LogP contribution in [0.5, 0.6) is 5.75 Å². The SMILES string of the molecule is COc1ccc(N)cc1CNS(=O)(=O)c1cncc(Br)c1. The van der Waals surface area contributed by atoms with Crippen LogP contribution in [0.15, 0.2) is 46.0 Å². The van der Waals surface area contributed by atoms with Gasteiger partial charge in [0.1, 0.15) is 10.6 Å². The van der Waals surface area contributed by atoms with E-state index in [0.29, 0.717) is 21.5 Å². The minimum absolute atomic E-state index is 0.0725. The number of ether oxygens (including phenoxy) is 1. The largest absolute Gasteiger partial charge is 0.496 e. The van der Waals surface area contributed by atoms with Crippen molar-refractivity contribution in [2.75, 3.05) is 12.8 Å². The van der Waals surface area contributed by atoms with Crippen LogP contribution in [0.3, 0.4) is 0 Å². The Morgan fingerprint density at radius 1 is 1.33 bits per heavy atom. The van der Waals surface area contributed by atoms with Crippen molar-refractivity contribution in [2.45, 2.75) is 11.4 Å². The molecule has 3 N–H and O–H groups in total. The quantitative estimate of drug-likeness (QED) is 0.782. The van der Waals surface area contributed by atoms with E-state index in [-0.39, 0.29) is 11.4 Å². The maximum atomic E-state index is 12.2. The summed E-state index contributed by atoms with van der Waals surface area (Å²) >= 11 is 3.19. The summed E-state index contributed by atoms with van der Waals surface area (Å²) in [6.07, 6.45) is 2.80. The molecule has 0 saturated heterocycles. The van der Waals surface area contributed by atoms with E-state index in [9.17, 15) is 8.42 Å². The van der Waals surface area contributed by atoms with E-state index in [1.807, 2.05) is 0 Å². The summed E-state index contributed by atoms with van der Waals surface area (Å²) in [7, 11) is -2.14. The number of rotatable bonds is 5. The van der Waals surface area contributed by atoms with Crippen LogP contribution in [0.25, 0.3) is 0 Å². The van der Waals surface area contributed by atoms with Crippen molar-refractivity contribution in [1.82, 2.24) is 9.71 Å². The van der Waals surface area contributed by atoms with Gasteiger partial charge in [0.2, 0.25) is 10.0 Å². The first-order valence-corrected chi connectivity index (χ1v) is 8.22. The molecule has 1 aromatic carbocycles. The first-order valence-electron chi connectivity index (χ1n) is 5.95. The summed E-state index contributed by atoms with van der Waals surface area (Å²) in [4.78, 5) is 3.93. The number of hydrogen-bond acceptors (Lipinski definition) is 5. The molecular weight excluding hydrogens is 358 g/mol. The molecular formula is C13H14BrN3O3S. The maximum absolute atomic E-state index is 12.2. The number of pyridine rings is 1. The fraction of sp³-hybridized carbons (Fsp3) is 0.154. The molecule has 0 saturated carbocycles. The summed E-state index contributed by atoms with van der Waals surface area (Å²) in [5, 5.41) is 0. The molecule has 0 radical (unpaired) electrons. The third-order valence-electron chi connectivity index (χ3n) is 2.75. The minimum Gasteiger partial charge on any atom is -0.496 e. The van der Waals surface area contributed by atoms with Crippen molar-refractivity contribution in [3.05, 3.63) is 46.7 Å². The highest BCUT2D eigenvalue weighted by atomic mass is 79.9. The maximum Gasteiger partial charge on any atom is 0.242 e. The van der Waals surface area contributed by atoms with Gasteiger partial charge in [0.25, 0.3) is 0 Å². The molecule has 0 fully saturated rings. The molecule has 0 spiro atoms. The van der Waals surface area contributed by atoms with Gasteiger partial charge in [-0.25, -0.2) is 13.1 Å². The van der Waals surface area contributed by atoms with Gasteiger partial charge >= 0.3 is 0 Å². The highest BCUT2D eigenvalue weighted by Crippen LogP contribution is 2.22. The lowest BCUT2D eigenvalue weighted by Crippen LogP contribution is -2.23. The number of nitrogens with one attached hydrogen (secondary N) is 1. The molecule has 0 atom stereocenters. The van der Waals surface area contributed by atoms with Crippen LogP contribution in [0, 0.1) is 0 Å². The van der Waals surface area contributed by atoms with E-state index < -0.39 is 10.0 Å². The number of aromatic nitrogens is 1. The molecule has 0 amide bonds. The fourth-order valence-electron chi connectivity index (χ4n) is 1.73. The van der Waals surface area contributed by atoms with Crippen molar-refractivity contribution in [1.29, 1.82) is 0 Å². The van der Waals surface area contributed by atoms with Crippen LogP contribution < -0.4 is 15.2 Å². The van der Waals surface area contributed by atoms with Gasteiger partial charge in [0.15, 0.2) is 0 Å². The van der Waals surface area contributed by atoms with Crippen LogP contribution in [0.4, 0.5) is 5.69 Å². The summed E-state index contributed by atoms with van der Waals surface area (Å²) in [6.45, 7) is 0.0725. The van der Waals surface area contributed by atoms with Crippen molar-refractivity contribution in [3.8, 4) is 5.75 Å². The van der Waals surface area contributed by atoms with Gasteiger partial charge in [-0.3, -0.25) is 4.98 Å². The Balaban J connectivity index is 2.21. The Morgan fingerprint density at radius 2 is 2.10 bits per heavy atom. The van der Waals surface area contributed by atoms with E-state index in [1.165, 1.54) is 25.6 Å². The third kappa shape index (κ3) is 3.93. The van der Waals surface area contributed by atoms with Gasteiger partial charge in [-0.15, -0.1) is 0 Å². The number of nitrogens with zero attached hydrogens (tertiary/aromatic N) is 1. The Morgan fingerprint density at radius 3 is 2.76 bits per heavy atom. The molecule has 8 heteroatoms. The third-order valence-corrected chi connectivity index (χ3v) is 4.55. The molecule has 0 aliphatic rings. The lowest BCUT2D eigenvalue weighted by Gasteiger charge is -2.11. The molecule has 0 unspecified atom stereocenters. The number of halogens is 1. The average Bonchev–Trinajstić information content (AvgIpc) is 2.45. The first kappa shape index (κ1) is 15.7. The summed E-state index contributed by atoms with van der Waals surface area (Å²) in [5.74, 6) is 0.569. The number of methoxy groups -OCH3 is 1. The predicted octanol–water partition coefficient (Wildman–Crippen LogP) is 1.91. The number of sulfonamides is 1. The van der Waals surface area contributed by atoms with Gasteiger partial charge in [0, 0.05) is 34.7 Å². The zero-order valence-corrected chi connectivity index (χ0v) is 13.6. The van der Waals surface area contributed by atoms with Crippen molar-refractivity contribution < 1.29 is 13.2 Å². The normalized spacial score (nSPS) is 11.3. The van der Waals surface area contributed by atoms with Gasteiger partial charge < -0.3 is 10.5 Å². The van der Waals surface area contributed by atoms with Gasteiger partial charge in [-0.2, -0.15) is 0 Å². The number of nitrogens with two attached hydrogens (primary N) is 1. The first-order chi connectivity index (χ1) is 9.92. The molecule has 0 aliphatic heterocycles. The van der Waals surface area contributed by atoms with Crippen molar-refractivity contribution >= 4 is 31.6 Å². The second-order valence-corrected chi connectivity index (χ2v) is 6.92. The highest BCUT2D eigenvalue weighted by Gasteiger charge is 2.15. The van der Waals surface area contributed by atoms with E-state index in [1.54, 1.807) is 18.2 Å². The van der Waals surface area contributed by atoms with Crippen LogP contribution in [0.2, 0.25) is 0 Å². The van der Waals surface area contributed by atoms with Crippen molar-refractivity contribution in [2.24, 2.45) is 0 Å². The summed E-state index contributed by atoms with van der Waals surface area (Å²) in [5.41, 5.74) is 6.90. The molecule has 1 aromatic heterocycles. The summed E-state index contributed by atoms with van der Waals surface area (Å²) < 4.78 is 32.7. The van der Waals surface area contributed by atoms with E-state index in [4.69, 9.17) is 10.5 Å². The Kier molecular flexibility index (Phi) is 4.81. The lowest BCUT2D eigenvalue weighted by atomic mass is 10.2. The van der Waals surface area contributed by atoms with Crippen LogP contribution in [-0.4, -0.2) is 20.5 Å². The Bertz CT molecular complexity index is 750. The topological polar surface area (TPSA) is 94.3 Å². The molecule has 0 bridgehead atoms. The highest BCUT2D eigenvalue weighted by molar-refractivity contribution is 9.10. The fourth-order valence-corrected chi connectivity index (χ4v) is 3.24. The lowest BCUT2D eigenvalue weighted by molar-refractivity contribution is 0.409. The van der Waals surface area contributed by atoms with Crippen LogP contribution in [-0.2, 0) is 16.6 Å².